The summed E-state index contributed by atoms with van der Waals surface area (Å²) in [6.07, 6.45) is 1.13. The van der Waals surface area contributed by atoms with Crippen molar-refractivity contribution in [1.29, 1.82) is 0 Å². The number of esters is 1. The summed E-state index contributed by atoms with van der Waals surface area (Å²) in [7, 11) is 0. The zero-order valence-corrected chi connectivity index (χ0v) is 13.3. The first-order chi connectivity index (χ1) is 10.4. The van der Waals surface area contributed by atoms with Crippen molar-refractivity contribution in [2.75, 3.05) is 18.9 Å². The minimum absolute atomic E-state index is 0.0683. The maximum Gasteiger partial charge on any atom is 0.330 e. The summed E-state index contributed by atoms with van der Waals surface area (Å²) in [5.41, 5.74) is 0. The summed E-state index contributed by atoms with van der Waals surface area (Å²) in [5.74, 6) is -0.932. The fraction of sp³-hybridized carbons (Fsp3) is 0.692. The molecule has 0 spiro atoms. The first-order valence-corrected chi connectivity index (χ1v) is 8.06. The number of amides is 4. The van der Waals surface area contributed by atoms with Crippen LogP contribution in [0.3, 0.4) is 0 Å². The van der Waals surface area contributed by atoms with Gasteiger partial charge in [0.1, 0.15) is 6.04 Å². The zero-order chi connectivity index (χ0) is 16.3. The molecule has 8 nitrogen and oxygen atoms in total. The number of carbonyl (C=O) groups excluding carboxylic acids is 4. The van der Waals surface area contributed by atoms with Crippen LogP contribution in [0.1, 0.15) is 26.7 Å². The molecule has 22 heavy (non-hydrogen) atoms. The third-order valence-corrected chi connectivity index (χ3v) is 5.16. The number of rotatable bonds is 4. The van der Waals surface area contributed by atoms with E-state index in [0.29, 0.717) is 25.1 Å². The largest absolute Gasteiger partial charge is 0.454 e. The molecule has 0 saturated carbocycles. The predicted octanol–water partition coefficient (Wildman–Crippen LogP) is -0.171. The molecular weight excluding hydrogens is 310 g/mol. The van der Waals surface area contributed by atoms with Crippen LogP contribution in [0.2, 0.25) is 0 Å². The highest BCUT2D eigenvalue weighted by atomic mass is 32.2. The second-order valence-electron chi connectivity index (χ2n) is 5.28. The van der Waals surface area contributed by atoms with Gasteiger partial charge < -0.3 is 15.0 Å². The molecule has 2 atom stereocenters. The fourth-order valence-corrected chi connectivity index (χ4v) is 4.01. The number of hydrogen-bond acceptors (Lipinski definition) is 6. The summed E-state index contributed by atoms with van der Waals surface area (Å²) in [5, 5.41) is 4.43. The van der Waals surface area contributed by atoms with Crippen molar-refractivity contribution >= 4 is 35.6 Å². The minimum atomic E-state index is -0.708. The van der Waals surface area contributed by atoms with Crippen LogP contribution in [0, 0.1) is 0 Å². The normalized spacial score (nSPS) is 26.5. The molecular formula is C13H19N3O5S. The van der Waals surface area contributed by atoms with E-state index in [9.17, 15) is 19.2 Å². The number of urea groups is 1. The van der Waals surface area contributed by atoms with Crippen molar-refractivity contribution in [3.05, 3.63) is 0 Å². The van der Waals surface area contributed by atoms with E-state index in [-0.39, 0.29) is 10.8 Å². The quantitative estimate of drug-likeness (QED) is 0.694. The van der Waals surface area contributed by atoms with Gasteiger partial charge in [0.2, 0.25) is 5.91 Å². The molecule has 0 radical (unpaired) electrons. The molecule has 2 aliphatic rings. The van der Waals surface area contributed by atoms with Gasteiger partial charge in [-0.3, -0.25) is 14.9 Å². The lowest BCUT2D eigenvalue weighted by Crippen LogP contribution is -2.47. The number of carbonyl (C=O) groups is 4. The SMILES string of the molecule is CCNC(=O)NC(=O)COC(=O)[C@@H]1CS[C@]2(C)CCC(=O)N12. The van der Waals surface area contributed by atoms with Crippen molar-refractivity contribution in [2.24, 2.45) is 0 Å². The predicted molar refractivity (Wildman–Crippen MR) is 78.9 cm³/mol. The summed E-state index contributed by atoms with van der Waals surface area (Å²) >= 11 is 1.55. The van der Waals surface area contributed by atoms with E-state index in [1.54, 1.807) is 23.6 Å². The molecule has 2 saturated heterocycles. The van der Waals surface area contributed by atoms with Crippen LogP contribution in [0.4, 0.5) is 4.79 Å². The van der Waals surface area contributed by atoms with Crippen molar-refractivity contribution in [2.45, 2.75) is 37.6 Å². The number of nitrogens with zero attached hydrogens (tertiary/aromatic N) is 1. The van der Waals surface area contributed by atoms with Crippen LogP contribution in [0.5, 0.6) is 0 Å². The molecule has 0 aromatic rings. The molecule has 0 aromatic heterocycles. The number of ether oxygens (including phenoxy) is 1. The van der Waals surface area contributed by atoms with Gasteiger partial charge in [0.25, 0.3) is 5.91 Å². The molecule has 0 unspecified atom stereocenters. The van der Waals surface area contributed by atoms with Gasteiger partial charge in [-0.25, -0.2) is 9.59 Å². The molecule has 2 N–H and O–H groups in total. The Kier molecular flexibility index (Phi) is 4.94. The summed E-state index contributed by atoms with van der Waals surface area (Å²) in [6, 6.07) is -1.30. The van der Waals surface area contributed by atoms with Crippen LogP contribution in [-0.4, -0.2) is 58.5 Å². The monoisotopic (exact) mass is 329 g/mol. The second kappa shape index (κ2) is 6.55. The lowest BCUT2D eigenvalue weighted by atomic mass is 10.2. The third-order valence-electron chi connectivity index (χ3n) is 3.65. The Balaban J connectivity index is 1.84. The molecule has 9 heteroatoms. The van der Waals surface area contributed by atoms with Gasteiger partial charge in [-0.05, 0) is 20.3 Å². The third kappa shape index (κ3) is 3.34. The summed E-state index contributed by atoms with van der Waals surface area (Å²) in [4.78, 5) is 47.8. The molecule has 0 bridgehead atoms. The molecule has 0 aromatic carbocycles. The smallest absolute Gasteiger partial charge is 0.330 e. The van der Waals surface area contributed by atoms with Gasteiger partial charge in [0.15, 0.2) is 6.61 Å². The van der Waals surface area contributed by atoms with E-state index in [2.05, 4.69) is 5.32 Å². The first kappa shape index (κ1) is 16.6. The van der Waals surface area contributed by atoms with Crippen LogP contribution in [0.15, 0.2) is 0 Å². The highest BCUT2D eigenvalue weighted by Gasteiger charge is 2.53. The first-order valence-electron chi connectivity index (χ1n) is 7.08. The maximum absolute atomic E-state index is 12.1. The van der Waals surface area contributed by atoms with Crippen LogP contribution >= 0.6 is 11.8 Å². The van der Waals surface area contributed by atoms with Crippen LogP contribution in [0.25, 0.3) is 0 Å². The van der Waals surface area contributed by atoms with E-state index in [0.717, 1.165) is 0 Å². The molecule has 4 amide bonds. The highest BCUT2D eigenvalue weighted by molar-refractivity contribution is 8.01. The van der Waals surface area contributed by atoms with E-state index in [1.807, 2.05) is 12.2 Å². The van der Waals surface area contributed by atoms with E-state index in [4.69, 9.17) is 4.74 Å². The second-order valence-corrected chi connectivity index (χ2v) is 6.78. The van der Waals surface area contributed by atoms with Gasteiger partial charge in [-0.1, -0.05) is 0 Å². The Labute approximate surface area is 132 Å². The van der Waals surface area contributed by atoms with E-state index >= 15 is 0 Å². The molecule has 2 fully saturated rings. The number of nitrogens with one attached hydrogen (secondary N) is 2. The van der Waals surface area contributed by atoms with Gasteiger partial charge in [-0.15, -0.1) is 11.8 Å². The Bertz CT molecular complexity index is 512. The number of imide groups is 1. The molecule has 2 heterocycles. The van der Waals surface area contributed by atoms with Gasteiger partial charge >= 0.3 is 12.0 Å². The summed E-state index contributed by atoms with van der Waals surface area (Å²) < 4.78 is 4.93. The van der Waals surface area contributed by atoms with Gasteiger partial charge in [-0.2, -0.15) is 0 Å². The number of thioether (sulfide) groups is 1. The highest BCUT2D eigenvalue weighted by Crippen LogP contribution is 2.47. The van der Waals surface area contributed by atoms with Crippen molar-refractivity contribution < 1.29 is 23.9 Å². The average molecular weight is 329 g/mol. The molecule has 122 valence electrons. The average Bonchev–Trinajstić information content (AvgIpc) is 2.94. The Morgan fingerprint density at radius 2 is 2.18 bits per heavy atom. The van der Waals surface area contributed by atoms with Gasteiger partial charge in [0.05, 0.1) is 4.87 Å². The summed E-state index contributed by atoms with van der Waals surface area (Å²) in [6.45, 7) is 3.48. The van der Waals surface area contributed by atoms with Crippen molar-refractivity contribution in [3.8, 4) is 0 Å². The lowest BCUT2D eigenvalue weighted by molar-refractivity contribution is -0.156. The topological polar surface area (TPSA) is 105 Å². The van der Waals surface area contributed by atoms with Crippen molar-refractivity contribution in [1.82, 2.24) is 15.5 Å². The van der Waals surface area contributed by atoms with Crippen molar-refractivity contribution in [3.63, 3.8) is 0 Å². The maximum atomic E-state index is 12.1. The fourth-order valence-electron chi connectivity index (χ4n) is 2.60. The number of fused-ring (bicyclic) bond motifs is 1. The standard InChI is InChI=1S/C13H19N3O5S/c1-3-14-12(20)15-9(17)6-21-11(19)8-7-22-13(2)5-4-10(18)16(8)13/h8H,3-7H2,1-2H3,(H2,14,15,17,20)/t8-,13+/m0/s1. The lowest BCUT2D eigenvalue weighted by Gasteiger charge is -2.29. The molecule has 0 aliphatic carbocycles. The molecule has 2 rings (SSSR count). The Morgan fingerprint density at radius 3 is 2.86 bits per heavy atom. The number of hydrogen-bond donors (Lipinski definition) is 2. The van der Waals surface area contributed by atoms with E-state index < -0.39 is 30.6 Å². The van der Waals surface area contributed by atoms with Gasteiger partial charge in [0, 0.05) is 18.7 Å². The zero-order valence-electron chi connectivity index (χ0n) is 12.5. The Hall–Kier alpha value is -1.77. The minimum Gasteiger partial charge on any atom is -0.454 e. The van der Waals surface area contributed by atoms with E-state index in [1.165, 1.54) is 0 Å². The molecule has 2 aliphatic heterocycles. The van der Waals surface area contributed by atoms with Crippen LogP contribution < -0.4 is 10.6 Å². The Morgan fingerprint density at radius 1 is 1.45 bits per heavy atom. The van der Waals surface area contributed by atoms with Crippen LogP contribution in [-0.2, 0) is 19.1 Å².